The third kappa shape index (κ3) is 3.63. The number of rotatable bonds is 3. The van der Waals surface area contributed by atoms with Crippen LogP contribution in [0.1, 0.15) is 26.7 Å². The minimum atomic E-state index is 0.555. The highest BCUT2D eigenvalue weighted by Gasteiger charge is 2.13. The summed E-state index contributed by atoms with van der Waals surface area (Å²) in [6.07, 6.45) is 9.14. The topological polar surface area (TPSA) is 66.8 Å². The standard InChI is InChI=1S/C12H14N6.C2H6/c1-2-8-18(7-1)11-3-4-15-12(17-11)16-10-9-13-5-6-14-10;1-2/h3-6,9H,1-2,7-8H2,(H,14,15,16,17);1-2H3. The Hall–Kier alpha value is -2.24. The number of aromatic nitrogens is 4. The Balaban J connectivity index is 0.000000704. The lowest BCUT2D eigenvalue weighted by atomic mass is 10.4. The molecule has 2 aromatic rings. The highest BCUT2D eigenvalue weighted by molar-refractivity contribution is 5.50. The quantitative estimate of drug-likeness (QED) is 0.926. The van der Waals surface area contributed by atoms with E-state index in [1.807, 2.05) is 19.9 Å². The van der Waals surface area contributed by atoms with Gasteiger partial charge in [0.15, 0.2) is 5.82 Å². The zero-order chi connectivity index (χ0) is 14.2. The van der Waals surface area contributed by atoms with Crippen molar-refractivity contribution in [2.45, 2.75) is 26.7 Å². The lowest BCUT2D eigenvalue weighted by Crippen LogP contribution is -2.19. The summed E-state index contributed by atoms with van der Waals surface area (Å²) in [6.45, 7) is 6.14. The molecular formula is C14H20N6. The fraction of sp³-hybridized carbons (Fsp3) is 0.429. The van der Waals surface area contributed by atoms with Crippen molar-refractivity contribution in [2.24, 2.45) is 0 Å². The summed E-state index contributed by atoms with van der Waals surface area (Å²) in [7, 11) is 0. The highest BCUT2D eigenvalue weighted by Crippen LogP contribution is 2.18. The maximum Gasteiger partial charge on any atom is 0.230 e. The molecule has 0 atom stereocenters. The van der Waals surface area contributed by atoms with E-state index in [0.29, 0.717) is 11.8 Å². The van der Waals surface area contributed by atoms with Crippen LogP contribution in [0, 0.1) is 0 Å². The van der Waals surface area contributed by atoms with E-state index in [1.165, 1.54) is 12.8 Å². The van der Waals surface area contributed by atoms with E-state index in [9.17, 15) is 0 Å². The molecule has 1 aliphatic heterocycles. The summed E-state index contributed by atoms with van der Waals surface area (Å²) >= 11 is 0. The third-order valence-electron chi connectivity index (χ3n) is 2.87. The van der Waals surface area contributed by atoms with Crippen LogP contribution in [0.2, 0.25) is 0 Å². The van der Waals surface area contributed by atoms with Gasteiger partial charge in [0.25, 0.3) is 0 Å². The minimum absolute atomic E-state index is 0.555. The third-order valence-corrected chi connectivity index (χ3v) is 2.87. The molecule has 106 valence electrons. The van der Waals surface area contributed by atoms with Gasteiger partial charge in [-0.2, -0.15) is 4.98 Å². The van der Waals surface area contributed by atoms with E-state index in [0.717, 1.165) is 18.9 Å². The molecule has 20 heavy (non-hydrogen) atoms. The van der Waals surface area contributed by atoms with E-state index in [2.05, 4.69) is 30.2 Å². The molecule has 0 radical (unpaired) electrons. The molecule has 0 spiro atoms. The predicted molar refractivity (Wildman–Crippen MR) is 80.1 cm³/mol. The molecule has 0 unspecified atom stereocenters. The van der Waals surface area contributed by atoms with Crippen LogP contribution in [-0.4, -0.2) is 33.0 Å². The molecule has 1 saturated heterocycles. The number of hydrogen-bond acceptors (Lipinski definition) is 6. The van der Waals surface area contributed by atoms with Crippen molar-refractivity contribution >= 4 is 17.6 Å². The molecule has 3 rings (SSSR count). The Morgan fingerprint density at radius 2 is 1.85 bits per heavy atom. The van der Waals surface area contributed by atoms with Crippen molar-refractivity contribution in [1.82, 2.24) is 19.9 Å². The fourth-order valence-electron chi connectivity index (χ4n) is 2.01. The zero-order valence-electron chi connectivity index (χ0n) is 12.0. The van der Waals surface area contributed by atoms with Gasteiger partial charge in [0.05, 0.1) is 6.20 Å². The fourth-order valence-corrected chi connectivity index (χ4v) is 2.01. The van der Waals surface area contributed by atoms with Crippen LogP contribution < -0.4 is 10.2 Å². The Kier molecular flexibility index (Phi) is 5.23. The van der Waals surface area contributed by atoms with Crippen molar-refractivity contribution in [1.29, 1.82) is 0 Å². The maximum absolute atomic E-state index is 4.49. The van der Waals surface area contributed by atoms with E-state index >= 15 is 0 Å². The van der Waals surface area contributed by atoms with Gasteiger partial charge in [0.2, 0.25) is 5.95 Å². The van der Waals surface area contributed by atoms with E-state index in [-0.39, 0.29) is 0 Å². The Bertz CT molecular complexity index is 510. The first kappa shape index (κ1) is 14.2. The van der Waals surface area contributed by atoms with Gasteiger partial charge in [0, 0.05) is 31.7 Å². The van der Waals surface area contributed by atoms with Gasteiger partial charge in [-0.3, -0.25) is 4.98 Å². The van der Waals surface area contributed by atoms with E-state index in [4.69, 9.17) is 0 Å². The molecular weight excluding hydrogens is 252 g/mol. The van der Waals surface area contributed by atoms with Crippen LogP contribution in [0.15, 0.2) is 30.9 Å². The van der Waals surface area contributed by atoms with E-state index in [1.54, 1.807) is 24.8 Å². The SMILES string of the molecule is CC.c1cnc(Nc2nccc(N3CCCC3)n2)cn1. The Morgan fingerprint density at radius 3 is 2.55 bits per heavy atom. The summed E-state index contributed by atoms with van der Waals surface area (Å²) in [5, 5.41) is 3.05. The van der Waals surface area contributed by atoms with Crippen LogP contribution in [-0.2, 0) is 0 Å². The van der Waals surface area contributed by atoms with Crippen molar-refractivity contribution in [3.05, 3.63) is 30.9 Å². The van der Waals surface area contributed by atoms with Crippen LogP contribution >= 0.6 is 0 Å². The summed E-state index contributed by atoms with van der Waals surface area (Å²) in [4.78, 5) is 19.1. The molecule has 2 aromatic heterocycles. The smallest absolute Gasteiger partial charge is 0.230 e. The summed E-state index contributed by atoms with van der Waals surface area (Å²) in [5.74, 6) is 2.17. The second-order valence-electron chi connectivity index (χ2n) is 4.15. The second kappa shape index (κ2) is 7.37. The molecule has 0 saturated carbocycles. The number of nitrogens with zero attached hydrogens (tertiary/aromatic N) is 5. The Labute approximate surface area is 119 Å². The van der Waals surface area contributed by atoms with Crippen LogP contribution in [0.3, 0.4) is 0 Å². The molecule has 3 heterocycles. The Morgan fingerprint density at radius 1 is 1.05 bits per heavy atom. The lowest BCUT2D eigenvalue weighted by Gasteiger charge is -2.16. The number of anilines is 3. The zero-order valence-corrected chi connectivity index (χ0v) is 12.0. The normalized spacial score (nSPS) is 13.6. The first-order chi connectivity index (χ1) is 9.92. The van der Waals surface area contributed by atoms with Gasteiger partial charge in [-0.05, 0) is 18.9 Å². The molecule has 0 bridgehead atoms. The molecule has 0 amide bonds. The van der Waals surface area contributed by atoms with Crippen molar-refractivity contribution in [2.75, 3.05) is 23.3 Å². The van der Waals surface area contributed by atoms with Gasteiger partial charge in [0.1, 0.15) is 5.82 Å². The van der Waals surface area contributed by atoms with Crippen LogP contribution in [0.5, 0.6) is 0 Å². The molecule has 0 aromatic carbocycles. The maximum atomic E-state index is 4.49. The molecule has 0 aliphatic carbocycles. The number of nitrogens with one attached hydrogen (secondary N) is 1. The van der Waals surface area contributed by atoms with Gasteiger partial charge in [-0.15, -0.1) is 0 Å². The molecule has 6 heteroatoms. The van der Waals surface area contributed by atoms with Gasteiger partial charge in [-0.25, -0.2) is 9.97 Å². The van der Waals surface area contributed by atoms with Gasteiger partial charge < -0.3 is 10.2 Å². The van der Waals surface area contributed by atoms with Crippen LogP contribution in [0.25, 0.3) is 0 Å². The number of hydrogen-bond donors (Lipinski definition) is 1. The lowest BCUT2D eigenvalue weighted by molar-refractivity contribution is 0.929. The van der Waals surface area contributed by atoms with Crippen molar-refractivity contribution in [3.63, 3.8) is 0 Å². The van der Waals surface area contributed by atoms with Crippen molar-refractivity contribution < 1.29 is 0 Å². The van der Waals surface area contributed by atoms with E-state index < -0.39 is 0 Å². The summed E-state index contributed by atoms with van der Waals surface area (Å²) in [6, 6.07) is 1.94. The van der Waals surface area contributed by atoms with Crippen molar-refractivity contribution in [3.8, 4) is 0 Å². The first-order valence-electron chi connectivity index (χ1n) is 7.03. The second-order valence-corrected chi connectivity index (χ2v) is 4.15. The minimum Gasteiger partial charge on any atom is -0.356 e. The average Bonchev–Trinajstić information content (AvgIpc) is 3.05. The summed E-state index contributed by atoms with van der Waals surface area (Å²) < 4.78 is 0. The van der Waals surface area contributed by atoms with Crippen LogP contribution in [0.4, 0.5) is 17.6 Å². The van der Waals surface area contributed by atoms with Gasteiger partial charge in [-0.1, -0.05) is 13.8 Å². The largest absolute Gasteiger partial charge is 0.356 e. The molecule has 1 N–H and O–H groups in total. The predicted octanol–water partition coefficient (Wildman–Crippen LogP) is 2.64. The first-order valence-corrected chi connectivity index (χ1v) is 7.03. The van der Waals surface area contributed by atoms with Gasteiger partial charge >= 0.3 is 0 Å². The molecule has 6 nitrogen and oxygen atoms in total. The molecule has 1 aliphatic rings. The molecule has 1 fully saturated rings. The average molecular weight is 272 g/mol. The monoisotopic (exact) mass is 272 g/mol. The highest BCUT2D eigenvalue weighted by atomic mass is 15.2. The summed E-state index contributed by atoms with van der Waals surface area (Å²) in [5.41, 5.74) is 0.